The normalized spacial score (nSPS) is 10.4. The van der Waals surface area contributed by atoms with E-state index in [2.05, 4.69) is 22.4 Å². The summed E-state index contributed by atoms with van der Waals surface area (Å²) < 4.78 is 5.78. The molecule has 0 unspecified atom stereocenters. The third-order valence-electron chi connectivity index (χ3n) is 2.94. The predicted octanol–water partition coefficient (Wildman–Crippen LogP) is 3.90. The fraction of sp³-hybridized carbons (Fsp3) is 0.111. The van der Waals surface area contributed by atoms with Crippen LogP contribution < -0.4 is 15.5 Å². The molecule has 2 aromatic rings. The molecule has 2 aromatic carbocycles. The van der Waals surface area contributed by atoms with Crippen molar-refractivity contribution in [3.63, 3.8) is 0 Å². The molecule has 0 atom stereocenters. The molecule has 0 bridgehead atoms. The van der Waals surface area contributed by atoms with E-state index in [1.807, 2.05) is 48.5 Å². The Labute approximate surface area is 152 Å². The van der Waals surface area contributed by atoms with E-state index in [1.54, 1.807) is 12.3 Å². The number of thiocarbonyl (C=S) groups is 1. The lowest BCUT2D eigenvalue weighted by atomic mass is 10.2. The second-order valence-electron chi connectivity index (χ2n) is 4.86. The summed E-state index contributed by atoms with van der Waals surface area (Å²) in [7, 11) is 0. The van der Waals surface area contributed by atoms with E-state index in [1.165, 1.54) is 0 Å². The maximum atomic E-state index is 5.97. The van der Waals surface area contributed by atoms with Gasteiger partial charge < -0.3 is 10.1 Å². The molecule has 0 saturated heterocycles. The third kappa shape index (κ3) is 6.40. The zero-order chi connectivity index (χ0) is 17.2. The van der Waals surface area contributed by atoms with Crippen LogP contribution in [-0.4, -0.2) is 17.9 Å². The number of hydrogen-bond donors (Lipinski definition) is 2. The second kappa shape index (κ2) is 9.70. The van der Waals surface area contributed by atoms with E-state index < -0.39 is 0 Å². The first-order chi connectivity index (χ1) is 11.7. The van der Waals surface area contributed by atoms with E-state index in [4.69, 9.17) is 28.6 Å². The zero-order valence-electron chi connectivity index (χ0n) is 13.0. The molecule has 2 N–H and O–H groups in total. The van der Waals surface area contributed by atoms with E-state index in [0.29, 0.717) is 23.3 Å². The summed E-state index contributed by atoms with van der Waals surface area (Å²) in [6.45, 7) is 4.65. The standard InChI is InChI=1S/C18H18ClN3OS/c1-2-9-20-18(24)22-21-12-14-5-4-8-17(11-14)23-13-15-6-3-7-16(19)10-15/h2-8,10-12H,1,9,13H2,(H2,20,22,24). The minimum Gasteiger partial charge on any atom is -0.489 e. The predicted molar refractivity (Wildman–Crippen MR) is 104 cm³/mol. The summed E-state index contributed by atoms with van der Waals surface area (Å²) in [6, 6.07) is 15.2. The molecule has 24 heavy (non-hydrogen) atoms. The number of ether oxygens (including phenoxy) is 1. The summed E-state index contributed by atoms with van der Waals surface area (Å²) in [5.74, 6) is 0.756. The molecule has 0 aromatic heterocycles. The lowest BCUT2D eigenvalue weighted by Gasteiger charge is -2.07. The Morgan fingerprint density at radius 3 is 2.88 bits per heavy atom. The topological polar surface area (TPSA) is 45.7 Å². The van der Waals surface area contributed by atoms with Gasteiger partial charge in [0.1, 0.15) is 12.4 Å². The van der Waals surface area contributed by atoms with Crippen molar-refractivity contribution in [2.75, 3.05) is 6.54 Å². The van der Waals surface area contributed by atoms with Crippen molar-refractivity contribution in [1.82, 2.24) is 10.7 Å². The number of nitrogens with zero attached hydrogens (tertiary/aromatic N) is 1. The van der Waals surface area contributed by atoms with Crippen molar-refractivity contribution in [2.24, 2.45) is 5.10 Å². The van der Waals surface area contributed by atoms with Crippen LogP contribution in [0.1, 0.15) is 11.1 Å². The number of halogens is 1. The number of hydrazone groups is 1. The van der Waals surface area contributed by atoms with Crippen LogP contribution in [0, 0.1) is 0 Å². The van der Waals surface area contributed by atoms with Crippen molar-refractivity contribution < 1.29 is 4.74 Å². The largest absolute Gasteiger partial charge is 0.489 e. The Kier molecular flexibility index (Phi) is 7.26. The van der Waals surface area contributed by atoms with Crippen molar-refractivity contribution in [3.8, 4) is 5.75 Å². The van der Waals surface area contributed by atoms with Gasteiger partial charge in [0.05, 0.1) is 6.21 Å². The molecule has 0 radical (unpaired) electrons. The fourth-order valence-electron chi connectivity index (χ4n) is 1.85. The Balaban J connectivity index is 1.89. The molecule has 0 fully saturated rings. The minimum atomic E-state index is 0.444. The maximum absolute atomic E-state index is 5.97. The molecule has 0 saturated carbocycles. The molecular formula is C18H18ClN3OS. The lowest BCUT2D eigenvalue weighted by molar-refractivity contribution is 0.306. The molecule has 0 aliphatic carbocycles. The molecule has 0 heterocycles. The third-order valence-corrected chi connectivity index (χ3v) is 3.41. The first-order valence-corrected chi connectivity index (χ1v) is 8.11. The van der Waals surface area contributed by atoms with Gasteiger partial charge in [0.2, 0.25) is 0 Å². The molecular weight excluding hydrogens is 342 g/mol. The van der Waals surface area contributed by atoms with Crippen LogP contribution in [0.4, 0.5) is 0 Å². The monoisotopic (exact) mass is 359 g/mol. The van der Waals surface area contributed by atoms with E-state index in [0.717, 1.165) is 16.9 Å². The van der Waals surface area contributed by atoms with Gasteiger partial charge in [-0.3, -0.25) is 5.43 Å². The maximum Gasteiger partial charge on any atom is 0.187 e. The second-order valence-corrected chi connectivity index (χ2v) is 5.70. The Hall–Kier alpha value is -2.37. The molecule has 0 aliphatic rings. The summed E-state index contributed by atoms with van der Waals surface area (Å²) in [5, 5.41) is 8.15. The minimum absolute atomic E-state index is 0.444. The van der Waals surface area contributed by atoms with Crippen molar-refractivity contribution in [3.05, 3.63) is 77.3 Å². The first-order valence-electron chi connectivity index (χ1n) is 7.32. The highest BCUT2D eigenvalue weighted by molar-refractivity contribution is 7.80. The van der Waals surface area contributed by atoms with Crippen LogP contribution in [0.25, 0.3) is 0 Å². The van der Waals surface area contributed by atoms with Gasteiger partial charge in [-0.25, -0.2) is 0 Å². The average molecular weight is 360 g/mol. The lowest BCUT2D eigenvalue weighted by Crippen LogP contribution is -2.31. The van der Waals surface area contributed by atoms with Crippen LogP contribution in [0.3, 0.4) is 0 Å². The molecule has 2 rings (SSSR count). The Morgan fingerprint density at radius 2 is 2.08 bits per heavy atom. The van der Waals surface area contributed by atoms with Crippen LogP contribution in [0.15, 0.2) is 66.3 Å². The Bertz CT molecular complexity index is 734. The highest BCUT2D eigenvalue weighted by atomic mass is 35.5. The summed E-state index contributed by atoms with van der Waals surface area (Å²) in [6.07, 6.45) is 3.40. The van der Waals surface area contributed by atoms with E-state index in [9.17, 15) is 0 Å². The molecule has 6 heteroatoms. The van der Waals surface area contributed by atoms with Crippen LogP contribution in [0.2, 0.25) is 5.02 Å². The van der Waals surface area contributed by atoms with Crippen molar-refractivity contribution >= 4 is 35.1 Å². The molecule has 0 amide bonds. The van der Waals surface area contributed by atoms with Gasteiger partial charge in [-0.1, -0.05) is 41.9 Å². The number of hydrogen-bond acceptors (Lipinski definition) is 3. The van der Waals surface area contributed by atoms with Gasteiger partial charge >= 0.3 is 0 Å². The van der Waals surface area contributed by atoms with E-state index >= 15 is 0 Å². The summed E-state index contributed by atoms with van der Waals surface area (Å²) in [5.41, 5.74) is 4.65. The van der Waals surface area contributed by atoms with Gasteiger partial charge in [0.15, 0.2) is 5.11 Å². The summed E-state index contributed by atoms with van der Waals surface area (Å²) in [4.78, 5) is 0. The Morgan fingerprint density at radius 1 is 1.25 bits per heavy atom. The zero-order valence-corrected chi connectivity index (χ0v) is 14.6. The quantitative estimate of drug-likeness (QED) is 0.340. The van der Waals surface area contributed by atoms with Gasteiger partial charge in [-0.15, -0.1) is 6.58 Å². The van der Waals surface area contributed by atoms with Crippen LogP contribution >= 0.6 is 23.8 Å². The summed E-state index contributed by atoms with van der Waals surface area (Å²) >= 11 is 11.0. The van der Waals surface area contributed by atoms with Crippen LogP contribution in [-0.2, 0) is 6.61 Å². The molecule has 0 aliphatic heterocycles. The number of rotatable bonds is 7. The van der Waals surface area contributed by atoms with Crippen molar-refractivity contribution in [2.45, 2.75) is 6.61 Å². The van der Waals surface area contributed by atoms with Gasteiger partial charge in [-0.05, 0) is 47.6 Å². The van der Waals surface area contributed by atoms with Gasteiger partial charge in [-0.2, -0.15) is 5.10 Å². The highest BCUT2D eigenvalue weighted by Gasteiger charge is 1.98. The highest BCUT2D eigenvalue weighted by Crippen LogP contribution is 2.16. The molecule has 124 valence electrons. The van der Waals surface area contributed by atoms with Gasteiger partial charge in [0.25, 0.3) is 0 Å². The smallest absolute Gasteiger partial charge is 0.187 e. The number of benzene rings is 2. The fourth-order valence-corrected chi connectivity index (χ4v) is 2.20. The van der Waals surface area contributed by atoms with E-state index in [-0.39, 0.29) is 0 Å². The van der Waals surface area contributed by atoms with Gasteiger partial charge in [0, 0.05) is 11.6 Å². The molecule has 4 nitrogen and oxygen atoms in total. The molecule has 0 spiro atoms. The first kappa shape index (κ1) is 18.0. The van der Waals surface area contributed by atoms with Crippen LogP contribution in [0.5, 0.6) is 5.75 Å². The SMILES string of the molecule is C=CCNC(=S)NN=Cc1cccc(OCc2cccc(Cl)c2)c1. The average Bonchev–Trinajstić information content (AvgIpc) is 2.59. The number of nitrogens with one attached hydrogen (secondary N) is 2. The van der Waals surface area contributed by atoms with Crippen molar-refractivity contribution in [1.29, 1.82) is 0 Å².